The molecule has 0 spiro atoms. The maximum absolute atomic E-state index is 10.3. The van der Waals surface area contributed by atoms with Gasteiger partial charge in [0, 0.05) is 37.6 Å². The van der Waals surface area contributed by atoms with Crippen molar-refractivity contribution in [3.63, 3.8) is 0 Å². The van der Waals surface area contributed by atoms with Gasteiger partial charge in [-0.25, -0.2) is 0 Å². The highest BCUT2D eigenvalue weighted by Gasteiger charge is 2.18. The molecule has 1 aliphatic rings. The average Bonchev–Trinajstić information content (AvgIpc) is 2.57. The highest BCUT2D eigenvalue weighted by atomic mass is 35.5. The Kier molecular flexibility index (Phi) is 5.11. The molecule has 1 atom stereocenters. The first-order chi connectivity index (χ1) is 10.7. The van der Waals surface area contributed by atoms with E-state index < -0.39 is 6.23 Å². The fourth-order valence-electron chi connectivity index (χ4n) is 2.80. The molecule has 3 nitrogen and oxygen atoms in total. The van der Waals surface area contributed by atoms with Gasteiger partial charge >= 0.3 is 0 Å². The molecule has 0 aliphatic carbocycles. The van der Waals surface area contributed by atoms with E-state index in [1.165, 1.54) is 0 Å². The standard InChI is InChI=1S/C18H21ClN2O/c19-17-7-5-16(6-8-17)15-3-1-14(2-4-15)13-18(22)21-11-9-20-10-12-21/h1-8,18,20,22H,9-13H2. The lowest BCUT2D eigenvalue weighted by Crippen LogP contribution is -2.49. The Bertz CT molecular complexity index is 591. The van der Waals surface area contributed by atoms with Crippen molar-refractivity contribution in [1.82, 2.24) is 10.2 Å². The van der Waals surface area contributed by atoms with Crippen LogP contribution in [-0.4, -0.2) is 42.4 Å². The Morgan fingerprint density at radius 2 is 1.50 bits per heavy atom. The molecule has 0 aromatic heterocycles. The van der Waals surface area contributed by atoms with Gasteiger partial charge < -0.3 is 10.4 Å². The summed E-state index contributed by atoms with van der Waals surface area (Å²) in [6.45, 7) is 3.72. The van der Waals surface area contributed by atoms with Crippen LogP contribution in [0.25, 0.3) is 11.1 Å². The largest absolute Gasteiger partial charge is 0.378 e. The molecule has 1 aliphatic heterocycles. The molecule has 0 bridgehead atoms. The second-order valence-corrected chi connectivity index (χ2v) is 6.11. The Morgan fingerprint density at radius 1 is 0.955 bits per heavy atom. The summed E-state index contributed by atoms with van der Waals surface area (Å²) < 4.78 is 0. The van der Waals surface area contributed by atoms with E-state index in [4.69, 9.17) is 11.6 Å². The molecule has 0 radical (unpaired) electrons. The van der Waals surface area contributed by atoms with E-state index in [-0.39, 0.29) is 0 Å². The minimum absolute atomic E-state index is 0.400. The van der Waals surface area contributed by atoms with Crippen LogP contribution in [0.3, 0.4) is 0 Å². The first kappa shape index (κ1) is 15.5. The van der Waals surface area contributed by atoms with Gasteiger partial charge in [-0.2, -0.15) is 0 Å². The number of aliphatic hydroxyl groups is 1. The summed E-state index contributed by atoms with van der Waals surface area (Å²) in [6, 6.07) is 16.2. The van der Waals surface area contributed by atoms with E-state index in [0.29, 0.717) is 6.42 Å². The van der Waals surface area contributed by atoms with Crippen LogP contribution in [0.4, 0.5) is 0 Å². The molecule has 1 unspecified atom stereocenters. The highest BCUT2D eigenvalue weighted by Crippen LogP contribution is 2.22. The third kappa shape index (κ3) is 3.87. The number of nitrogens with one attached hydrogen (secondary N) is 1. The predicted octanol–water partition coefficient (Wildman–Crippen LogP) is 2.77. The fraction of sp³-hybridized carbons (Fsp3) is 0.333. The first-order valence-electron chi connectivity index (χ1n) is 7.70. The maximum Gasteiger partial charge on any atom is 0.111 e. The Hall–Kier alpha value is -1.39. The highest BCUT2D eigenvalue weighted by molar-refractivity contribution is 6.30. The molecular formula is C18H21ClN2O. The van der Waals surface area contributed by atoms with Crippen LogP contribution >= 0.6 is 11.6 Å². The summed E-state index contributed by atoms with van der Waals surface area (Å²) in [4.78, 5) is 2.13. The fourth-order valence-corrected chi connectivity index (χ4v) is 2.92. The molecule has 2 N–H and O–H groups in total. The monoisotopic (exact) mass is 316 g/mol. The molecule has 1 fully saturated rings. The van der Waals surface area contributed by atoms with E-state index in [9.17, 15) is 5.11 Å². The van der Waals surface area contributed by atoms with Gasteiger partial charge in [0.25, 0.3) is 0 Å². The van der Waals surface area contributed by atoms with Gasteiger partial charge in [0.05, 0.1) is 0 Å². The molecule has 3 rings (SSSR count). The SMILES string of the molecule is OC(Cc1ccc(-c2ccc(Cl)cc2)cc1)N1CCNCC1. The molecule has 0 saturated carbocycles. The van der Waals surface area contributed by atoms with Crippen LogP contribution in [0, 0.1) is 0 Å². The number of benzene rings is 2. The van der Waals surface area contributed by atoms with Crippen molar-refractivity contribution < 1.29 is 5.11 Å². The topological polar surface area (TPSA) is 35.5 Å². The van der Waals surface area contributed by atoms with Crippen molar-refractivity contribution in [2.45, 2.75) is 12.6 Å². The molecule has 1 saturated heterocycles. The molecular weight excluding hydrogens is 296 g/mol. The lowest BCUT2D eigenvalue weighted by atomic mass is 10.0. The third-order valence-electron chi connectivity index (χ3n) is 4.12. The average molecular weight is 317 g/mol. The van der Waals surface area contributed by atoms with Gasteiger partial charge in [0.1, 0.15) is 6.23 Å². The second kappa shape index (κ2) is 7.25. The Balaban J connectivity index is 1.64. The Labute approximate surface area is 136 Å². The van der Waals surface area contributed by atoms with Gasteiger partial charge in [-0.15, -0.1) is 0 Å². The Morgan fingerprint density at radius 3 is 2.09 bits per heavy atom. The zero-order valence-electron chi connectivity index (χ0n) is 12.5. The number of nitrogens with zero attached hydrogens (tertiary/aromatic N) is 1. The lowest BCUT2D eigenvalue weighted by Gasteiger charge is -2.31. The van der Waals surface area contributed by atoms with Crippen molar-refractivity contribution >= 4 is 11.6 Å². The number of rotatable bonds is 4. The van der Waals surface area contributed by atoms with E-state index in [1.807, 2.05) is 24.3 Å². The summed E-state index contributed by atoms with van der Waals surface area (Å²) in [7, 11) is 0. The van der Waals surface area contributed by atoms with E-state index in [0.717, 1.165) is 47.9 Å². The molecule has 1 heterocycles. The van der Waals surface area contributed by atoms with Crippen molar-refractivity contribution in [2.24, 2.45) is 0 Å². The van der Waals surface area contributed by atoms with Crippen LogP contribution in [0.2, 0.25) is 5.02 Å². The van der Waals surface area contributed by atoms with Crippen LogP contribution in [0.15, 0.2) is 48.5 Å². The summed E-state index contributed by atoms with van der Waals surface area (Å²) in [5, 5.41) is 14.4. The number of piperazine rings is 1. The molecule has 116 valence electrons. The minimum Gasteiger partial charge on any atom is -0.378 e. The molecule has 0 amide bonds. The van der Waals surface area contributed by atoms with Gasteiger partial charge in [-0.1, -0.05) is 48.0 Å². The van der Waals surface area contributed by atoms with Crippen LogP contribution in [0.5, 0.6) is 0 Å². The third-order valence-corrected chi connectivity index (χ3v) is 4.37. The minimum atomic E-state index is -0.400. The number of halogens is 1. The van der Waals surface area contributed by atoms with Crippen LogP contribution < -0.4 is 5.32 Å². The molecule has 22 heavy (non-hydrogen) atoms. The predicted molar refractivity (Wildman–Crippen MR) is 91.0 cm³/mol. The van der Waals surface area contributed by atoms with Crippen molar-refractivity contribution in [1.29, 1.82) is 0 Å². The lowest BCUT2D eigenvalue weighted by molar-refractivity contribution is -0.00268. The second-order valence-electron chi connectivity index (χ2n) is 5.67. The van der Waals surface area contributed by atoms with E-state index >= 15 is 0 Å². The zero-order valence-corrected chi connectivity index (χ0v) is 13.3. The number of aliphatic hydroxyl groups excluding tert-OH is 1. The van der Waals surface area contributed by atoms with Crippen molar-refractivity contribution in [3.05, 3.63) is 59.1 Å². The smallest absolute Gasteiger partial charge is 0.111 e. The normalized spacial score (nSPS) is 17.4. The molecule has 2 aromatic rings. The first-order valence-corrected chi connectivity index (χ1v) is 8.08. The maximum atomic E-state index is 10.3. The van der Waals surface area contributed by atoms with Crippen molar-refractivity contribution in [3.8, 4) is 11.1 Å². The quantitative estimate of drug-likeness (QED) is 0.910. The zero-order chi connectivity index (χ0) is 15.4. The van der Waals surface area contributed by atoms with Gasteiger partial charge in [-0.05, 0) is 28.8 Å². The van der Waals surface area contributed by atoms with Crippen molar-refractivity contribution in [2.75, 3.05) is 26.2 Å². The van der Waals surface area contributed by atoms with Crippen LogP contribution in [-0.2, 0) is 6.42 Å². The molecule has 2 aromatic carbocycles. The van der Waals surface area contributed by atoms with Crippen LogP contribution in [0.1, 0.15) is 5.56 Å². The summed E-state index contributed by atoms with van der Waals surface area (Å²) >= 11 is 5.92. The van der Waals surface area contributed by atoms with Gasteiger partial charge in [0.15, 0.2) is 0 Å². The van der Waals surface area contributed by atoms with E-state index in [2.05, 4.69) is 34.5 Å². The van der Waals surface area contributed by atoms with Gasteiger partial charge in [0.2, 0.25) is 0 Å². The number of hydrogen-bond donors (Lipinski definition) is 2. The summed E-state index contributed by atoms with van der Waals surface area (Å²) in [5.74, 6) is 0. The molecule has 4 heteroatoms. The van der Waals surface area contributed by atoms with E-state index in [1.54, 1.807) is 0 Å². The van der Waals surface area contributed by atoms with Gasteiger partial charge in [-0.3, -0.25) is 4.90 Å². The summed E-state index contributed by atoms with van der Waals surface area (Å²) in [6.07, 6.45) is 0.268. The number of hydrogen-bond acceptors (Lipinski definition) is 3. The summed E-state index contributed by atoms with van der Waals surface area (Å²) in [5.41, 5.74) is 3.47.